The molecule has 1 fully saturated rings. The second kappa shape index (κ2) is 7.53. The molecule has 14 heavy (non-hydrogen) atoms. The monoisotopic (exact) mass is 217 g/mol. The topological polar surface area (TPSA) is 3.24 Å². The molecule has 1 nitrogen and oxygen atoms in total. The summed E-state index contributed by atoms with van der Waals surface area (Å²) < 4.78 is 0. The smallest absolute Gasteiger partial charge is 0.0223 e. The third-order valence-electron chi connectivity index (χ3n) is 3.23. The Balaban J connectivity index is 1.91. The molecule has 1 heterocycles. The first kappa shape index (κ1) is 12.3. The van der Waals surface area contributed by atoms with Gasteiger partial charge in [-0.05, 0) is 51.2 Å². The van der Waals surface area contributed by atoms with Gasteiger partial charge in [-0.3, -0.25) is 0 Å². The highest BCUT2D eigenvalue weighted by Gasteiger charge is 2.14. The largest absolute Gasteiger partial charge is 0.303 e. The van der Waals surface area contributed by atoms with Crippen LogP contribution in [0.2, 0.25) is 0 Å². The maximum Gasteiger partial charge on any atom is 0.0223 e. The van der Waals surface area contributed by atoms with Crippen molar-refractivity contribution in [2.75, 3.05) is 25.5 Å². The molecule has 0 bridgehead atoms. The molecule has 0 aromatic rings. The lowest BCUT2D eigenvalue weighted by atomic mass is 9.99. The SMILES string of the molecule is CC1CCN(CCCCCCCl)CC1. The molecule has 0 saturated carbocycles. The van der Waals surface area contributed by atoms with Gasteiger partial charge in [0, 0.05) is 5.88 Å². The minimum atomic E-state index is 0.835. The molecule has 0 radical (unpaired) electrons. The minimum Gasteiger partial charge on any atom is -0.303 e. The van der Waals surface area contributed by atoms with Crippen molar-refractivity contribution in [1.29, 1.82) is 0 Å². The summed E-state index contributed by atoms with van der Waals surface area (Å²) in [5, 5.41) is 0. The van der Waals surface area contributed by atoms with E-state index in [1.807, 2.05) is 0 Å². The van der Waals surface area contributed by atoms with E-state index in [-0.39, 0.29) is 0 Å². The van der Waals surface area contributed by atoms with Gasteiger partial charge in [0.2, 0.25) is 0 Å². The Morgan fingerprint density at radius 1 is 1.07 bits per heavy atom. The standard InChI is InChI=1S/C12H24ClN/c1-12-6-10-14(11-7-12)9-5-3-2-4-8-13/h12H,2-11H2,1H3. The second-order valence-corrected chi connectivity index (χ2v) is 5.01. The number of halogens is 1. The average molecular weight is 218 g/mol. The zero-order chi connectivity index (χ0) is 10.2. The van der Waals surface area contributed by atoms with E-state index in [0.717, 1.165) is 11.8 Å². The summed E-state index contributed by atoms with van der Waals surface area (Å²) in [6, 6.07) is 0. The van der Waals surface area contributed by atoms with Crippen LogP contribution >= 0.6 is 11.6 Å². The lowest BCUT2D eigenvalue weighted by Crippen LogP contribution is -2.33. The van der Waals surface area contributed by atoms with E-state index in [4.69, 9.17) is 11.6 Å². The quantitative estimate of drug-likeness (QED) is 0.486. The van der Waals surface area contributed by atoms with Crippen molar-refractivity contribution in [2.24, 2.45) is 5.92 Å². The molecular formula is C12H24ClN. The molecule has 84 valence electrons. The molecule has 0 aromatic heterocycles. The third kappa shape index (κ3) is 5.21. The maximum atomic E-state index is 5.63. The molecule has 0 unspecified atom stereocenters. The van der Waals surface area contributed by atoms with Crippen molar-refractivity contribution in [3.63, 3.8) is 0 Å². The highest BCUT2D eigenvalue weighted by molar-refractivity contribution is 6.17. The van der Waals surface area contributed by atoms with Crippen molar-refractivity contribution in [3.05, 3.63) is 0 Å². The molecule has 0 aliphatic carbocycles. The molecule has 2 heteroatoms. The summed E-state index contributed by atoms with van der Waals surface area (Å²) in [7, 11) is 0. The highest BCUT2D eigenvalue weighted by Crippen LogP contribution is 2.16. The molecule has 0 spiro atoms. The zero-order valence-corrected chi connectivity index (χ0v) is 10.2. The molecular weight excluding hydrogens is 194 g/mol. The molecule has 1 saturated heterocycles. The summed E-state index contributed by atoms with van der Waals surface area (Å²) >= 11 is 5.63. The van der Waals surface area contributed by atoms with Crippen LogP contribution < -0.4 is 0 Å². The van der Waals surface area contributed by atoms with E-state index in [1.54, 1.807) is 0 Å². The van der Waals surface area contributed by atoms with E-state index in [1.165, 1.54) is 58.2 Å². The average Bonchev–Trinajstić information content (AvgIpc) is 2.21. The van der Waals surface area contributed by atoms with E-state index in [0.29, 0.717) is 0 Å². The fourth-order valence-electron chi connectivity index (χ4n) is 2.07. The van der Waals surface area contributed by atoms with Crippen LogP contribution in [0.1, 0.15) is 45.4 Å². The molecule has 0 aromatic carbocycles. The van der Waals surface area contributed by atoms with Gasteiger partial charge < -0.3 is 4.90 Å². The summed E-state index contributed by atoms with van der Waals surface area (Å²) in [6.45, 7) is 6.35. The molecule has 0 N–H and O–H groups in total. The van der Waals surface area contributed by atoms with Crippen LogP contribution in [0, 0.1) is 5.92 Å². The molecule has 1 rings (SSSR count). The number of likely N-dealkylation sites (tertiary alicyclic amines) is 1. The molecule has 1 aliphatic rings. The maximum absolute atomic E-state index is 5.63. The predicted molar refractivity (Wildman–Crippen MR) is 64.0 cm³/mol. The fourth-order valence-corrected chi connectivity index (χ4v) is 2.26. The fraction of sp³-hybridized carbons (Fsp3) is 1.00. The first-order chi connectivity index (χ1) is 6.83. The number of nitrogens with zero attached hydrogens (tertiary/aromatic N) is 1. The van der Waals surface area contributed by atoms with Gasteiger partial charge in [-0.25, -0.2) is 0 Å². The van der Waals surface area contributed by atoms with Crippen LogP contribution in [0.15, 0.2) is 0 Å². The second-order valence-electron chi connectivity index (χ2n) is 4.63. The van der Waals surface area contributed by atoms with Crippen LogP contribution in [-0.2, 0) is 0 Å². The van der Waals surface area contributed by atoms with Gasteiger partial charge in [0.05, 0.1) is 0 Å². The van der Waals surface area contributed by atoms with Gasteiger partial charge in [0.25, 0.3) is 0 Å². The summed E-state index contributed by atoms with van der Waals surface area (Å²) in [5.41, 5.74) is 0. The number of rotatable bonds is 6. The summed E-state index contributed by atoms with van der Waals surface area (Å²) in [5.74, 6) is 1.80. The predicted octanol–water partition coefficient (Wildman–Crippen LogP) is 3.52. The number of alkyl halides is 1. The van der Waals surface area contributed by atoms with Crippen LogP contribution in [0.5, 0.6) is 0 Å². The third-order valence-corrected chi connectivity index (χ3v) is 3.50. The van der Waals surface area contributed by atoms with Crippen molar-refractivity contribution >= 4 is 11.6 Å². The van der Waals surface area contributed by atoms with Gasteiger partial charge in [0.1, 0.15) is 0 Å². The Morgan fingerprint density at radius 3 is 2.36 bits per heavy atom. The van der Waals surface area contributed by atoms with E-state index in [2.05, 4.69) is 11.8 Å². The Bertz CT molecular complexity index is 130. The normalized spacial score (nSPS) is 20.1. The van der Waals surface area contributed by atoms with Crippen LogP contribution in [0.3, 0.4) is 0 Å². The number of piperidine rings is 1. The number of hydrogen-bond acceptors (Lipinski definition) is 1. The minimum absolute atomic E-state index is 0.835. The molecule has 0 atom stereocenters. The first-order valence-electron chi connectivity index (χ1n) is 6.11. The van der Waals surface area contributed by atoms with Crippen LogP contribution in [0.25, 0.3) is 0 Å². The Hall–Kier alpha value is 0.250. The zero-order valence-electron chi connectivity index (χ0n) is 9.47. The van der Waals surface area contributed by atoms with Gasteiger partial charge in [-0.15, -0.1) is 11.6 Å². The van der Waals surface area contributed by atoms with Gasteiger partial charge in [0.15, 0.2) is 0 Å². The Morgan fingerprint density at radius 2 is 1.71 bits per heavy atom. The van der Waals surface area contributed by atoms with Crippen LogP contribution in [0.4, 0.5) is 0 Å². The van der Waals surface area contributed by atoms with Gasteiger partial charge >= 0.3 is 0 Å². The summed E-state index contributed by atoms with van der Waals surface area (Å²) in [6.07, 6.45) is 8.04. The van der Waals surface area contributed by atoms with E-state index in [9.17, 15) is 0 Å². The van der Waals surface area contributed by atoms with E-state index < -0.39 is 0 Å². The number of hydrogen-bond donors (Lipinski definition) is 0. The van der Waals surface area contributed by atoms with Crippen molar-refractivity contribution < 1.29 is 0 Å². The van der Waals surface area contributed by atoms with Gasteiger partial charge in [-0.2, -0.15) is 0 Å². The Labute approximate surface area is 93.8 Å². The lowest BCUT2D eigenvalue weighted by Gasteiger charge is -2.30. The Kier molecular flexibility index (Phi) is 6.63. The van der Waals surface area contributed by atoms with Crippen molar-refractivity contribution in [1.82, 2.24) is 4.90 Å². The first-order valence-corrected chi connectivity index (χ1v) is 6.64. The van der Waals surface area contributed by atoms with Crippen molar-refractivity contribution in [3.8, 4) is 0 Å². The van der Waals surface area contributed by atoms with Crippen molar-refractivity contribution in [2.45, 2.75) is 45.4 Å². The summed E-state index contributed by atoms with van der Waals surface area (Å²) in [4.78, 5) is 2.63. The lowest BCUT2D eigenvalue weighted by molar-refractivity contribution is 0.189. The van der Waals surface area contributed by atoms with E-state index >= 15 is 0 Å². The highest BCUT2D eigenvalue weighted by atomic mass is 35.5. The molecule has 1 aliphatic heterocycles. The molecule has 0 amide bonds. The van der Waals surface area contributed by atoms with Crippen LogP contribution in [-0.4, -0.2) is 30.4 Å². The van der Waals surface area contributed by atoms with Gasteiger partial charge in [-0.1, -0.05) is 19.8 Å². The number of unbranched alkanes of at least 4 members (excludes halogenated alkanes) is 3.